The summed E-state index contributed by atoms with van der Waals surface area (Å²) < 4.78 is 9.86. The van der Waals surface area contributed by atoms with Crippen LogP contribution < -0.4 is 0 Å². The number of hydrogen-bond acceptors (Lipinski definition) is 5. The molecule has 0 radical (unpaired) electrons. The van der Waals surface area contributed by atoms with Crippen molar-refractivity contribution in [3.63, 3.8) is 0 Å². The molecule has 0 aromatic heterocycles. The molecule has 3 aliphatic carbocycles. The fourth-order valence-electron chi connectivity index (χ4n) is 3.21. The molecule has 3 aliphatic rings. The van der Waals surface area contributed by atoms with Crippen molar-refractivity contribution >= 4 is 17.7 Å². The van der Waals surface area contributed by atoms with E-state index in [4.69, 9.17) is 9.47 Å². The quantitative estimate of drug-likeness (QED) is 0.572. The van der Waals surface area contributed by atoms with Crippen molar-refractivity contribution in [2.75, 3.05) is 7.11 Å². The fourth-order valence-corrected chi connectivity index (χ4v) is 3.21. The number of carbonyl (C=O) groups excluding carboxylic acids is 3. The number of carbonyl (C=O) groups is 3. The SMILES string of the molecule is COC(=O)C12CC(C(=O)CC(=O)OC(C)(C)C)(C1)C2. The second-order valence-corrected chi connectivity index (χ2v) is 6.77. The molecule has 5 nitrogen and oxygen atoms in total. The van der Waals surface area contributed by atoms with E-state index in [0.29, 0.717) is 19.3 Å². The number of esters is 2. The Morgan fingerprint density at radius 2 is 1.58 bits per heavy atom. The largest absolute Gasteiger partial charge is 0.469 e. The van der Waals surface area contributed by atoms with Crippen LogP contribution in [0.15, 0.2) is 0 Å². The van der Waals surface area contributed by atoms with Gasteiger partial charge in [0.15, 0.2) is 0 Å². The van der Waals surface area contributed by atoms with Crippen LogP contribution in [0.4, 0.5) is 0 Å². The summed E-state index contributed by atoms with van der Waals surface area (Å²) >= 11 is 0. The molecule has 0 unspecified atom stereocenters. The Labute approximate surface area is 112 Å². The van der Waals surface area contributed by atoms with Crippen molar-refractivity contribution < 1.29 is 23.9 Å². The number of Topliss-reactive ketones (excluding diaryl/α,β-unsaturated/α-hetero) is 1. The third-order valence-electron chi connectivity index (χ3n) is 3.97. The maximum atomic E-state index is 12.1. The zero-order chi connectivity index (χ0) is 14.5. The summed E-state index contributed by atoms with van der Waals surface area (Å²) in [6, 6.07) is 0. The van der Waals surface area contributed by atoms with Gasteiger partial charge in [0.2, 0.25) is 0 Å². The molecule has 19 heavy (non-hydrogen) atoms. The van der Waals surface area contributed by atoms with Crippen molar-refractivity contribution in [2.45, 2.75) is 52.1 Å². The fraction of sp³-hybridized carbons (Fsp3) is 0.786. The first-order chi connectivity index (χ1) is 8.62. The molecule has 0 aliphatic heterocycles. The van der Waals surface area contributed by atoms with E-state index in [0.717, 1.165) is 0 Å². The first-order valence-corrected chi connectivity index (χ1v) is 6.46. The molecular weight excluding hydrogens is 248 g/mol. The van der Waals surface area contributed by atoms with Crippen molar-refractivity contribution in [2.24, 2.45) is 10.8 Å². The summed E-state index contributed by atoms with van der Waals surface area (Å²) in [5, 5.41) is 0. The number of ether oxygens (including phenoxy) is 2. The Balaban J connectivity index is 1.85. The van der Waals surface area contributed by atoms with E-state index in [-0.39, 0.29) is 18.2 Å². The Morgan fingerprint density at radius 1 is 1.05 bits per heavy atom. The highest BCUT2D eigenvalue weighted by molar-refractivity contribution is 6.03. The van der Waals surface area contributed by atoms with Crippen molar-refractivity contribution in [1.29, 1.82) is 0 Å². The van der Waals surface area contributed by atoms with Crippen LogP contribution in [0.5, 0.6) is 0 Å². The van der Waals surface area contributed by atoms with E-state index >= 15 is 0 Å². The van der Waals surface area contributed by atoms with Gasteiger partial charge < -0.3 is 9.47 Å². The van der Waals surface area contributed by atoms with Crippen LogP contribution in [-0.4, -0.2) is 30.4 Å². The first-order valence-electron chi connectivity index (χ1n) is 6.46. The standard InChI is InChI=1S/C14H20O5/c1-12(2,3)19-10(16)5-9(15)13-6-14(7-13,8-13)11(17)18-4/h5-8H2,1-4H3. The molecule has 106 valence electrons. The van der Waals surface area contributed by atoms with Crippen LogP contribution in [0.2, 0.25) is 0 Å². The van der Waals surface area contributed by atoms with Gasteiger partial charge in [0.05, 0.1) is 12.5 Å². The zero-order valence-electron chi connectivity index (χ0n) is 11.9. The van der Waals surface area contributed by atoms with Gasteiger partial charge in [-0.2, -0.15) is 0 Å². The van der Waals surface area contributed by atoms with Crippen LogP contribution >= 0.6 is 0 Å². The lowest BCUT2D eigenvalue weighted by Crippen LogP contribution is -2.69. The van der Waals surface area contributed by atoms with Crippen LogP contribution in [0.3, 0.4) is 0 Å². The van der Waals surface area contributed by atoms with Gasteiger partial charge in [-0.25, -0.2) is 0 Å². The normalized spacial score (nSPS) is 31.8. The van der Waals surface area contributed by atoms with Gasteiger partial charge in [-0.05, 0) is 40.0 Å². The summed E-state index contributed by atoms with van der Waals surface area (Å²) in [6.45, 7) is 5.30. The zero-order valence-corrected chi connectivity index (χ0v) is 11.9. The molecule has 2 bridgehead atoms. The molecule has 0 amide bonds. The van der Waals surface area contributed by atoms with E-state index < -0.39 is 22.4 Å². The van der Waals surface area contributed by atoms with Crippen molar-refractivity contribution in [3.8, 4) is 0 Å². The molecule has 0 aromatic carbocycles. The average molecular weight is 268 g/mol. The maximum absolute atomic E-state index is 12.1. The Kier molecular flexibility index (Phi) is 2.99. The van der Waals surface area contributed by atoms with Crippen LogP contribution in [0.1, 0.15) is 46.5 Å². The molecule has 3 saturated carbocycles. The smallest absolute Gasteiger partial charge is 0.313 e. The minimum Gasteiger partial charge on any atom is -0.469 e. The predicted molar refractivity (Wildman–Crippen MR) is 66.2 cm³/mol. The summed E-state index contributed by atoms with van der Waals surface area (Å²) in [5.41, 5.74) is -1.49. The molecule has 0 N–H and O–H groups in total. The number of ketones is 1. The van der Waals surface area contributed by atoms with Crippen molar-refractivity contribution in [3.05, 3.63) is 0 Å². The third kappa shape index (κ3) is 2.26. The Hall–Kier alpha value is -1.39. The minimum atomic E-state index is -0.579. The predicted octanol–water partition coefficient (Wildman–Crippen LogP) is 1.63. The summed E-state index contributed by atoms with van der Waals surface area (Å²) in [5.74, 6) is -0.832. The van der Waals surface area contributed by atoms with Crippen molar-refractivity contribution in [1.82, 2.24) is 0 Å². The molecule has 0 saturated heterocycles. The number of hydrogen-bond donors (Lipinski definition) is 0. The molecule has 3 rings (SSSR count). The lowest BCUT2D eigenvalue weighted by Gasteiger charge is -2.67. The van der Waals surface area contributed by atoms with Gasteiger partial charge in [-0.15, -0.1) is 0 Å². The maximum Gasteiger partial charge on any atom is 0.313 e. The lowest BCUT2D eigenvalue weighted by atomic mass is 9.34. The summed E-state index contributed by atoms with van der Waals surface area (Å²) in [4.78, 5) is 35.2. The van der Waals surface area contributed by atoms with Crippen LogP contribution in [-0.2, 0) is 23.9 Å². The molecule has 0 atom stereocenters. The minimum absolute atomic E-state index is 0.104. The highest BCUT2D eigenvalue weighted by Gasteiger charge is 2.75. The molecule has 0 heterocycles. The van der Waals surface area contributed by atoms with Gasteiger partial charge in [0, 0.05) is 5.41 Å². The van der Waals surface area contributed by atoms with Gasteiger partial charge >= 0.3 is 11.9 Å². The van der Waals surface area contributed by atoms with E-state index in [1.807, 2.05) is 0 Å². The summed E-state index contributed by atoms with van der Waals surface area (Å²) in [7, 11) is 1.36. The van der Waals surface area contributed by atoms with Crippen LogP contribution in [0.25, 0.3) is 0 Å². The van der Waals surface area contributed by atoms with Crippen LogP contribution in [0, 0.1) is 10.8 Å². The second kappa shape index (κ2) is 4.05. The lowest BCUT2D eigenvalue weighted by molar-refractivity contribution is -0.222. The second-order valence-electron chi connectivity index (χ2n) is 6.77. The average Bonchev–Trinajstić information content (AvgIpc) is 2.09. The van der Waals surface area contributed by atoms with Gasteiger partial charge in [-0.3, -0.25) is 14.4 Å². The molecule has 0 aromatic rings. The Morgan fingerprint density at radius 3 is 2.00 bits per heavy atom. The molecule has 0 spiro atoms. The highest BCUT2D eigenvalue weighted by Crippen LogP contribution is 2.74. The van der Waals surface area contributed by atoms with E-state index in [9.17, 15) is 14.4 Å². The Bertz CT molecular complexity index is 423. The molecule has 5 heteroatoms. The molecule has 3 fully saturated rings. The van der Waals surface area contributed by atoms with Gasteiger partial charge in [0.1, 0.15) is 17.8 Å². The van der Waals surface area contributed by atoms with E-state index in [1.54, 1.807) is 20.8 Å². The number of rotatable bonds is 4. The highest BCUT2D eigenvalue weighted by atomic mass is 16.6. The third-order valence-corrected chi connectivity index (χ3v) is 3.97. The monoisotopic (exact) mass is 268 g/mol. The first kappa shape index (κ1) is 14.0. The topological polar surface area (TPSA) is 69.7 Å². The molecular formula is C14H20O5. The van der Waals surface area contributed by atoms with Gasteiger partial charge in [0.25, 0.3) is 0 Å². The summed E-state index contributed by atoms with van der Waals surface area (Å²) in [6.07, 6.45) is 1.37. The number of methoxy groups -OCH3 is 1. The van der Waals surface area contributed by atoms with E-state index in [2.05, 4.69) is 0 Å². The van der Waals surface area contributed by atoms with Gasteiger partial charge in [-0.1, -0.05) is 0 Å². The van der Waals surface area contributed by atoms with E-state index in [1.165, 1.54) is 7.11 Å².